The fraction of sp³-hybridized carbons (Fsp3) is 0.800. The minimum absolute atomic E-state index is 0.469. The molecular weight excluding hydrogens is 226 g/mol. The van der Waals surface area contributed by atoms with Gasteiger partial charge in [-0.15, -0.1) is 0 Å². The lowest BCUT2D eigenvalue weighted by molar-refractivity contribution is 0.166. The maximum absolute atomic E-state index is 6.12. The number of thioether (sulfide) groups is 1. The number of nitrogens with zero attached hydrogens (tertiary/aromatic N) is 2. The van der Waals surface area contributed by atoms with Crippen LogP contribution in [0.4, 0.5) is 0 Å². The first-order valence-corrected chi connectivity index (χ1v) is 6.67. The van der Waals surface area contributed by atoms with Gasteiger partial charge >= 0.3 is 0 Å². The van der Waals surface area contributed by atoms with Gasteiger partial charge < -0.3 is 15.0 Å². The monoisotopic (exact) mass is 243 g/mol. The van der Waals surface area contributed by atoms with Crippen LogP contribution in [0, 0.1) is 0 Å². The number of hydrogen-bond donors (Lipinski definition) is 1. The van der Waals surface area contributed by atoms with Crippen molar-refractivity contribution in [3.05, 3.63) is 11.7 Å². The summed E-state index contributed by atoms with van der Waals surface area (Å²) in [6.45, 7) is 3.29. The standard InChI is InChI=1S/C10H17N3O2S/c1-2-5-16-6-8-12-9(15-13-8)10(11)3-4-14-7-10/h2-7,11H2,1H3. The number of rotatable bonds is 5. The van der Waals surface area contributed by atoms with Crippen LogP contribution in [0.1, 0.15) is 31.5 Å². The second kappa shape index (κ2) is 5.16. The number of ether oxygens (including phenoxy) is 1. The Labute approximate surface area is 99.1 Å². The number of aromatic nitrogens is 2. The molecule has 0 spiro atoms. The normalized spacial score (nSPS) is 25.1. The van der Waals surface area contributed by atoms with Crippen molar-refractivity contribution in [2.24, 2.45) is 5.73 Å². The minimum atomic E-state index is -0.569. The van der Waals surface area contributed by atoms with Crippen molar-refractivity contribution in [1.82, 2.24) is 10.1 Å². The van der Waals surface area contributed by atoms with E-state index in [1.807, 2.05) is 0 Å². The quantitative estimate of drug-likeness (QED) is 0.785. The Kier molecular flexibility index (Phi) is 3.83. The molecule has 0 saturated carbocycles. The van der Waals surface area contributed by atoms with Crippen molar-refractivity contribution in [2.75, 3.05) is 19.0 Å². The molecule has 2 rings (SSSR count). The van der Waals surface area contributed by atoms with Crippen molar-refractivity contribution in [3.8, 4) is 0 Å². The number of nitrogens with two attached hydrogens (primary N) is 1. The highest BCUT2D eigenvalue weighted by atomic mass is 32.2. The highest BCUT2D eigenvalue weighted by Crippen LogP contribution is 2.26. The Hall–Kier alpha value is -0.590. The average molecular weight is 243 g/mol. The van der Waals surface area contributed by atoms with Crippen molar-refractivity contribution >= 4 is 11.8 Å². The Bertz CT molecular complexity index is 337. The zero-order chi connectivity index (χ0) is 11.4. The lowest BCUT2D eigenvalue weighted by Gasteiger charge is -2.14. The maximum Gasteiger partial charge on any atom is 0.249 e. The SMILES string of the molecule is CCCSCc1noc(C2(N)CCOC2)n1. The first-order chi connectivity index (χ1) is 7.74. The summed E-state index contributed by atoms with van der Waals surface area (Å²) >= 11 is 1.80. The third-order valence-corrected chi connectivity index (χ3v) is 3.69. The second-order valence-corrected chi connectivity index (χ2v) is 5.13. The van der Waals surface area contributed by atoms with Crippen LogP contribution in [0.25, 0.3) is 0 Å². The van der Waals surface area contributed by atoms with E-state index in [1.165, 1.54) is 0 Å². The van der Waals surface area contributed by atoms with Crippen LogP contribution >= 0.6 is 11.8 Å². The summed E-state index contributed by atoms with van der Waals surface area (Å²) < 4.78 is 10.5. The van der Waals surface area contributed by atoms with Crippen LogP contribution in [0.5, 0.6) is 0 Å². The Balaban J connectivity index is 1.96. The molecule has 2 N–H and O–H groups in total. The third kappa shape index (κ3) is 2.56. The molecule has 90 valence electrons. The van der Waals surface area contributed by atoms with Crippen molar-refractivity contribution in [1.29, 1.82) is 0 Å². The van der Waals surface area contributed by atoms with Crippen LogP contribution in [-0.2, 0) is 16.0 Å². The van der Waals surface area contributed by atoms with Gasteiger partial charge in [-0.1, -0.05) is 12.1 Å². The van der Waals surface area contributed by atoms with E-state index in [-0.39, 0.29) is 0 Å². The van der Waals surface area contributed by atoms with Gasteiger partial charge in [0.1, 0.15) is 5.54 Å². The molecule has 1 aromatic rings. The van der Waals surface area contributed by atoms with Gasteiger partial charge in [0.15, 0.2) is 5.82 Å². The summed E-state index contributed by atoms with van der Waals surface area (Å²) in [6.07, 6.45) is 1.90. The number of hydrogen-bond acceptors (Lipinski definition) is 6. The third-order valence-electron chi connectivity index (χ3n) is 2.53. The molecule has 0 aromatic carbocycles. The van der Waals surface area contributed by atoms with Gasteiger partial charge in [0, 0.05) is 6.61 Å². The summed E-state index contributed by atoms with van der Waals surface area (Å²) in [6, 6.07) is 0. The van der Waals surface area contributed by atoms with Gasteiger partial charge in [-0.2, -0.15) is 16.7 Å². The van der Waals surface area contributed by atoms with Gasteiger partial charge in [-0.25, -0.2) is 0 Å². The molecule has 16 heavy (non-hydrogen) atoms. The van der Waals surface area contributed by atoms with Crippen molar-refractivity contribution in [3.63, 3.8) is 0 Å². The molecule has 0 amide bonds. The predicted molar refractivity (Wildman–Crippen MR) is 62.1 cm³/mol. The van der Waals surface area contributed by atoms with Gasteiger partial charge in [0.25, 0.3) is 0 Å². The van der Waals surface area contributed by atoms with E-state index < -0.39 is 5.54 Å². The molecule has 1 aromatic heterocycles. The van der Waals surface area contributed by atoms with Crippen LogP contribution in [0.15, 0.2) is 4.52 Å². The average Bonchev–Trinajstić information content (AvgIpc) is 2.88. The zero-order valence-electron chi connectivity index (χ0n) is 9.44. The molecule has 5 nitrogen and oxygen atoms in total. The van der Waals surface area contributed by atoms with E-state index in [9.17, 15) is 0 Å². The Morgan fingerprint density at radius 3 is 3.12 bits per heavy atom. The molecule has 1 aliphatic rings. The van der Waals surface area contributed by atoms with Crippen LogP contribution in [0.3, 0.4) is 0 Å². The van der Waals surface area contributed by atoms with Crippen LogP contribution in [0.2, 0.25) is 0 Å². The van der Waals surface area contributed by atoms with E-state index in [1.54, 1.807) is 11.8 Å². The molecule has 0 radical (unpaired) electrons. The van der Waals surface area contributed by atoms with Crippen molar-refractivity contribution in [2.45, 2.75) is 31.1 Å². The zero-order valence-corrected chi connectivity index (χ0v) is 10.3. The first-order valence-electron chi connectivity index (χ1n) is 5.52. The predicted octanol–water partition coefficient (Wildman–Crippen LogP) is 1.29. The highest BCUT2D eigenvalue weighted by Gasteiger charge is 2.38. The summed E-state index contributed by atoms with van der Waals surface area (Å²) in [5.74, 6) is 3.14. The molecule has 1 atom stereocenters. The van der Waals surface area contributed by atoms with Gasteiger partial charge in [0.05, 0.1) is 12.4 Å². The Morgan fingerprint density at radius 2 is 2.44 bits per heavy atom. The molecule has 0 bridgehead atoms. The fourth-order valence-electron chi connectivity index (χ4n) is 1.57. The summed E-state index contributed by atoms with van der Waals surface area (Å²) in [7, 11) is 0. The lowest BCUT2D eigenvalue weighted by Crippen LogP contribution is -2.37. The molecular formula is C10H17N3O2S. The lowest BCUT2D eigenvalue weighted by atomic mass is 10.0. The van der Waals surface area contributed by atoms with E-state index in [4.69, 9.17) is 15.0 Å². The van der Waals surface area contributed by atoms with Gasteiger partial charge in [0.2, 0.25) is 5.89 Å². The summed E-state index contributed by atoms with van der Waals surface area (Å²) in [5.41, 5.74) is 5.55. The van der Waals surface area contributed by atoms with E-state index >= 15 is 0 Å². The van der Waals surface area contributed by atoms with E-state index in [2.05, 4.69) is 17.1 Å². The smallest absolute Gasteiger partial charge is 0.249 e. The molecule has 1 fully saturated rings. The van der Waals surface area contributed by atoms with Gasteiger partial charge in [-0.05, 0) is 18.6 Å². The van der Waals surface area contributed by atoms with Crippen LogP contribution in [-0.4, -0.2) is 29.1 Å². The molecule has 1 saturated heterocycles. The maximum atomic E-state index is 6.12. The second-order valence-electron chi connectivity index (χ2n) is 4.03. The Morgan fingerprint density at radius 1 is 1.56 bits per heavy atom. The minimum Gasteiger partial charge on any atom is -0.379 e. The van der Waals surface area contributed by atoms with E-state index in [0.29, 0.717) is 19.1 Å². The van der Waals surface area contributed by atoms with E-state index in [0.717, 1.165) is 30.2 Å². The summed E-state index contributed by atoms with van der Waals surface area (Å²) in [4.78, 5) is 4.33. The highest BCUT2D eigenvalue weighted by molar-refractivity contribution is 7.98. The first kappa shape index (κ1) is 11.9. The van der Waals surface area contributed by atoms with Gasteiger partial charge in [-0.3, -0.25) is 0 Å². The molecule has 6 heteroatoms. The molecule has 0 aliphatic carbocycles. The van der Waals surface area contributed by atoms with Crippen LogP contribution < -0.4 is 5.73 Å². The molecule has 1 unspecified atom stereocenters. The summed E-state index contributed by atoms with van der Waals surface area (Å²) in [5, 5.41) is 3.94. The largest absolute Gasteiger partial charge is 0.379 e. The van der Waals surface area contributed by atoms with Crippen molar-refractivity contribution < 1.29 is 9.26 Å². The molecule has 1 aliphatic heterocycles. The topological polar surface area (TPSA) is 74.2 Å². The molecule has 2 heterocycles. The fourth-order valence-corrected chi connectivity index (χ4v) is 2.30.